The molecule has 102 heavy (non-hydrogen) atoms. The Morgan fingerprint density at radius 2 is 0.520 bits per heavy atom. The first-order valence-electron chi connectivity index (χ1n) is 38.4. The first-order chi connectivity index (χ1) is 49.7. The fourth-order valence-electron chi connectivity index (χ4n) is 9.41. The molecule has 0 saturated heterocycles. The number of rotatable bonds is 70. The van der Waals surface area contributed by atoms with Gasteiger partial charge in [0.15, 0.2) is 12.2 Å². The molecule has 0 aromatic rings. The highest BCUT2D eigenvalue weighted by Crippen LogP contribution is 2.45. The van der Waals surface area contributed by atoms with Crippen LogP contribution in [0.3, 0.4) is 0 Å². The van der Waals surface area contributed by atoms with E-state index in [-0.39, 0.29) is 25.7 Å². The van der Waals surface area contributed by atoms with E-state index in [4.69, 9.17) is 37.0 Å². The molecule has 0 heterocycles. The lowest BCUT2D eigenvalue weighted by Gasteiger charge is -2.21. The Kier molecular flexibility index (Phi) is 69.7. The first kappa shape index (κ1) is 96.4. The Bertz CT molecular complexity index is 2600. The van der Waals surface area contributed by atoms with Crippen molar-refractivity contribution in [1.29, 1.82) is 0 Å². The zero-order valence-corrected chi connectivity index (χ0v) is 64.8. The third-order valence-electron chi connectivity index (χ3n) is 15.1. The first-order valence-corrected chi connectivity index (χ1v) is 41.4. The normalized spacial score (nSPS) is 14.9. The quantitative estimate of drug-likeness (QED) is 0.0169. The van der Waals surface area contributed by atoms with Crippen LogP contribution in [-0.4, -0.2) is 96.7 Å². The molecule has 0 radical (unpaired) electrons. The molecule has 0 bridgehead atoms. The molecule has 19 heteroatoms. The van der Waals surface area contributed by atoms with E-state index < -0.39 is 97.5 Å². The summed E-state index contributed by atoms with van der Waals surface area (Å²) in [7, 11) is -10.00. The summed E-state index contributed by atoms with van der Waals surface area (Å²) >= 11 is 0. The van der Waals surface area contributed by atoms with Crippen molar-refractivity contribution in [2.75, 3.05) is 39.6 Å². The standard InChI is InChI=1S/C83H134O17P2/c1-5-9-13-17-21-25-29-33-36-38-41-44-47-51-55-59-63-67-80(85)93-73-78(99-82(87)69-65-61-57-53-49-43-32-28-24-20-16-12-8-4)75-97-101(89,90)95-71-77(84)72-96-102(91,92)98-76-79(100-83(88)70-66-62-58-54-50-46-40-35-31-27-23-19-15-11-7-3)74-94-81(86)68-64-60-56-52-48-45-42-39-37-34-30-26-22-18-14-10-6-2/h9-11,13-16,20-23,25-28,32-37,40-42,44-45,51,55,77-79,84H,5-8,12,17-19,24,29-31,38-39,43,46-50,52-54,56-76H2,1-4H3,(H,89,90)(H,91,92)/b13-9-,14-10-,15-11-,20-16-,25-21-,26-22-,27-23-,32-28-,36-33-,37-34-,40-35-,44-41-,45-42-,55-51-. The summed E-state index contributed by atoms with van der Waals surface area (Å²) in [6.07, 6.45) is 86.3. The molecule has 0 aromatic carbocycles. The molecule has 0 rings (SSSR count). The van der Waals surface area contributed by atoms with Gasteiger partial charge in [0.05, 0.1) is 26.4 Å². The Hall–Kier alpha value is -5.58. The predicted octanol–water partition coefficient (Wildman–Crippen LogP) is 22.2. The van der Waals surface area contributed by atoms with Crippen LogP contribution in [0, 0.1) is 0 Å². The molecule has 0 aromatic heterocycles. The van der Waals surface area contributed by atoms with E-state index in [0.29, 0.717) is 32.1 Å². The van der Waals surface area contributed by atoms with Crippen LogP contribution in [0.4, 0.5) is 0 Å². The van der Waals surface area contributed by atoms with Crippen molar-refractivity contribution < 1.29 is 80.2 Å². The Labute approximate surface area is 616 Å². The number of aliphatic hydroxyl groups excluding tert-OH is 1. The number of hydrogen-bond acceptors (Lipinski definition) is 15. The molecule has 0 saturated carbocycles. The molecule has 0 amide bonds. The van der Waals surface area contributed by atoms with Crippen molar-refractivity contribution in [1.82, 2.24) is 0 Å². The Balaban J connectivity index is 5.46. The average Bonchev–Trinajstić information content (AvgIpc) is 0.908. The van der Waals surface area contributed by atoms with Crippen molar-refractivity contribution in [3.05, 3.63) is 170 Å². The number of aliphatic hydroxyl groups is 1. The summed E-state index contributed by atoms with van der Waals surface area (Å²) in [5.41, 5.74) is 0. The summed E-state index contributed by atoms with van der Waals surface area (Å²) in [6.45, 7) is 4.31. The van der Waals surface area contributed by atoms with Crippen molar-refractivity contribution in [2.45, 2.75) is 290 Å². The van der Waals surface area contributed by atoms with Crippen LogP contribution < -0.4 is 0 Å². The maximum Gasteiger partial charge on any atom is 0.472 e. The molecular weight excluding hydrogens is 1330 g/mol. The summed E-state index contributed by atoms with van der Waals surface area (Å²) in [6, 6.07) is 0. The maximum absolute atomic E-state index is 13.1. The number of phosphoric acid groups is 2. The maximum atomic E-state index is 13.1. The fourth-order valence-corrected chi connectivity index (χ4v) is 11.0. The highest BCUT2D eigenvalue weighted by Gasteiger charge is 2.30. The number of allylic oxidation sites excluding steroid dienone is 28. The third kappa shape index (κ3) is 72.8. The van der Waals surface area contributed by atoms with Gasteiger partial charge in [-0.15, -0.1) is 0 Å². The summed E-state index contributed by atoms with van der Waals surface area (Å²) in [5.74, 6) is -2.32. The molecule has 17 nitrogen and oxygen atoms in total. The average molecular weight is 1470 g/mol. The topological polar surface area (TPSA) is 237 Å². The van der Waals surface area contributed by atoms with Gasteiger partial charge in [0.1, 0.15) is 19.3 Å². The molecular formula is C83H134O17P2. The van der Waals surface area contributed by atoms with Crippen LogP contribution in [0.15, 0.2) is 170 Å². The van der Waals surface area contributed by atoms with Crippen LogP contribution in [-0.2, 0) is 65.4 Å². The van der Waals surface area contributed by atoms with Gasteiger partial charge in [-0.3, -0.25) is 37.3 Å². The highest BCUT2D eigenvalue weighted by molar-refractivity contribution is 7.47. The number of phosphoric ester groups is 2. The Morgan fingerprint density at radius 3 is 0.824 bits per heavy atom. The molecule has 0 spiro atoms. The molecule has 0 aliphatic carbocycles. The molecule has 0 fully saturated rings. The number of carbonyl (C=O) groups is 4. The molecule has 0 aliphatic rings. The second-order valence-electron chi connectivity index (χ2n) is 24.8. The van der Waals surface area contributed by atoms with Crippen molar-refractivity contribution in [2.24, 2.45) is 0 Å². The summed E-state index contributed by atoms with van der Waals surface area (Å²) < 4.78 is 68.4. The van der Waals surface area contributed by atoms with Crippen molar-refractivity contribution in [3.63, 3.8) is 0 Å². The van der Waals surface area contributed by atoms with Gasteiger partial charge >= 0.3 is 39.5 Å². The lowest BCUT2D eigenvalue weighted by Crippen LogP contribution is -2.30. The van der Waals surface area contributed by atoms with Gasteiger partial charge in [0.2, 0.25) is 0 Å². The highest BCUT2D eigenvalue weighted by atomic mass is 31.2. The lowest BCUT2D eigenvalue weighted by atomic mass is 10.1. The van der Waals surface area contributed by atoms with E-state index in [0.717, 1.165) is 186 Å². The van der Waals surface area contributed by atoms with E-state index in [1.54, 1.807) is 0 Å². The van der Waals surface area contributed by atoms with E-state index in [1.165, 1.54) is 0 Å². The lowest BCUT2D eigenvalue weighted by molar-refractivity contribution is -0.161. The number of ether oxygens (including phenoxy) is 4. The van der Waals surface area contributed by atoms with Crippen molar-refractivity contribution >= 4 is 39.5 Å². The fraction of sp³-hybridized carbons (Fsp3) is 0.614. The van der Waals surface area contributed by atoms with Crippen molar-refractivity contribution in [3.8, 4) is 0 Å². The minimum atomic E-state index is -5.00. The summed E-state index contributed by atoms with van der Waals surface area (Å²) in [4.78, 5) is 72.9. The van der Waals surface area contributed by atoms with E-state index >= 15 is 0 Å². The summed E-state index contributed by atoms with van der Waals surface area (Å²) in [5, 5.41) is 10.6. The van der Waals surface area contributed by atoms with Crippen LogP contribution in [0.2, 0.25) is 0 Å². The van der Waals surface area contributed by atoms with Gasteiger partial charge in [-0.25, -0.2) is 9.13 Å². The van der Waals surface area contributed by atoms with Crippen LogP contribution in [0.1, 0.15) is 272 Å². The van der Waals surface area contributed by atoms with E-state index in [2.05, 4.69) is 186 Å². The van der Waals surface area contributed by atoms with Gasteiger partial charge < -0.3 is 33.8 Å². The molecule has 0 aliphatic heterocycles. The second-order valence-corrected chi connectivity index (χ2v) is 27.7. The van der Waals surface area contributed by atoms with Gasteiger partial charge in [0.25, 0.3) is 0 Å². The van der Waals surface area contributed by atoms with Gasteiger partial charge in [-0.1, -0.05) is 256 Å². The van der Waals surface area contributed by atoms with Crippen LogP contribution in [0.25, 0.3) is 0 Å². The minimum Gasteiger partial charge on any atom is -0.462 e. The zero-order chi connectivity index (χ0) is 74.6. The van der Waals surface area contributed by atoms with Crippen LogP contribution in [0.5, 0.6) is 0 Å². The number of hydrogen-bond donors (Lipinski definition) is 3. The predicted molar refractivity (Wildman–Crippen MR) is 417 cm³/mol. The van der Waals surface area contributed by atoms with Gasteiger partial charge in [-0.2, -0.15) is 0 Å². The van der Waals surface area contributed by atoms with Gasteiger partial charge in [-0.05, 0) is 161 Å². The smallest absolute Gasteiger partial charge is 0.462 e. The SMILES string of the molecule is CC/C=C\C/C=C\C/C=C\C/C=C\C/C=C\CCCC(=O)OCC(COP(=O)(O)OCC(O)COP(=O)(O)OCC(COC(=O)CCCCCC/C=C\C/C=C\C/C=C\C/C=C\CC)OC(=O)CCCCCCC/C=C\C/C=C\C/C=C\CC)OC(=O)CCCCCCC/C=C\C/C=C\CCC. The molecule has 3 N–H and O–H groups in total. The number of carbonyl (C=O) groups excluding carboxylic acids is 4. The second kappa shape index (κ2) is 73.7. The number of unbranched alkanes of at least 4 members (excludes halogenated alkanes) is 16. The molecule has 5 atom stereocenters. The Morgan fingerprint density at radius 1 is 0.284 bits per heavy atom. The monoisotopic (exact) mass is 1460 g/mol. The largest absolute Gasteiger partial charge is 0.472 e. The van der Waals surface area contributed by atoms with E-state index in [9.17, 15) is 43.2 Å². The van der Waals surface area contributed by atoms with Gasteiger partial charge in [0, 0.05) is 25.7 Å². The minimum absolute atomic E-state index is 0.0597. The third-order valence-corrected chi connectivity index (χ3v) is 17.0. The number of esters is 4. The molecule has 578 valence electrons. The van der Waals surface area contributed by atoms with E-state index in [1.807, 2.05) is 12.2 Å². The van der Waals surface area contributed by atoms with Crippen LogP contribution >= 0.6 is 15.6 Å². The zero-order valence-electron chi connectivity index (χ0n) is 63.0. The molecule has 5 unspecified atom stereocenters.